The fourth-order valence-corrected chi connectivity index (χ4v) is 5.19. The van der Waals surface area contributed by atoms with E-state index < -0.39 is 0 Å². The van der Waals surface area contributed by atoms with E-state index in [1.165, 1.54) is 112 Å². The van der Waals surface area contributed by atoms with E-state index >= 15 is 0 Å². The zero-order chi connectivity index (χ0) is 28.1. The summed E-state index contributed by atoms with van der Waals surface area (Å²) in [6.45, 7) is 6.17. The minimum Gasteiger partial charge on any atom is -0.494 e. The van der Waals surface area contributed by atoms with Gasteiger partial charge in [-0.15, -0.1) is 0 Å². The molecule has 218 valence electrons. The van der Waals surface area contributed by atoms with Crippen LogP contribution in [0.1, 0.15) is 117 Å². The fraction of sp³-hybridized carbons (Fsp3) is 0.526. The monoisotopic (exact) mass is 542 g/mol. The molecule has 0 atom stereocenters. The van der Waals surface area contributed by atoms with Gasteiger partial charge in [0.1, 0.15) is 11.5 Å². The van der Waals surface area contributed by atoms with Crippen molar-refractivity contribution in [3.05, 3.63) is 72.8 Å². The lowest BCUT2D eigenvalue weighted by Crippen LogP contribution is -1.97. The van der Waals surface area contributed by atoms with Crippen molar-refractivity contribution in [1.82, 2.24) is 0 Å². The van der Waals surface area contributed by atoms with Gasteiger partial charge in [-0.1, -0.05) is 152 Å². The van der Waals surface area contributed by atoms with Gasteiger partial charge in [-0.05, 0) is 59.4 Å². The SMILES string of the molecule is CCCCCCCCCCOc1ccc(-c2ccc(-c3ccc(OCCCCCCCCCC)cc3)cc2)cc1. The van der Waals surface area contributed by atoms with Gasteiger partial charge in [0, 0.05) is 0 Å². The van der Waals surface area contributed by atoms with Crippen LogP contribution in [0.5, 0.6) is 11.5 Å². The lowest BCUT2D eigenvalue weighted by Gasteiger charge is -2.09. The van der Waals surface area contributed by atoms with Gasteiger partial charge in [0.15, 0.2) is 0 Å². The molecule has 0 unspecified atom stereocenters. The number of unbranched alkanes of at least 4 members (excludes halogenated alkanes) is 14. The molecule has 0 saturated carbocycles. The van der Waals surface area contributed by atoms with Crippen molar-refractivity contribution in [2.75, 3.05) is 13.2 Å². The van der Waals surface area contributed by atoms with Crippen molar-refractivity contribution in [3.8, 4) is 33.8 Å². The van der Waals surface area contributed by atoms with Crippen molar-refractivity contribution in [3.63, 3.8) is 0 Å². The highest BCUT2D eigenvalue weighted by Crippen LogP contribution is 2.27. The molecular formula is C38H54O2. The van der Waals surface area contributed by atoms with Crippen molar-refractivity contribution in [2.45, 2.75) is 117 Å². The van der Waals surface area contributed by atoms with E-state index in [0.717, 1.165) is 37.6 Å². The van der Waals surface area contributed by atoms with Crippen LogP contribution in [0.25, 0.3) is 22.3 Å². The molecule has 40 heavy (non-hydrogen) atoms. The first-order valence-electron chi connectivity index (χ1n) is 16.4. The molecule has 2 heteroatoms. The molecule has 0 N–H and O–H groups in total. The van der Waals surface area contributed by atoms with Crippen molar-refractivity contribution < 1.29 is 9.47 Å². The summed E-state index contributed by atoms with van der Waals surface area (Å²) < 4.78 is 12.0. The number of ether oxygens (including phenoxy) is 2. The zero-order valence-corrected chi connectivity index (χ0v) is 25.5. The maximum atomic E-state index is 5.98. The Hall–Kier alpha value is -2.74. The zero-order valence-electron chi connectivity index (χ0n) is 25.5. The van der Waals surface area contributed by atoms with Gasteiger partial charge in [-0.3, -0.25) is 0 Å². The molecule has 0 radical (unpaired) electrons. The first kappa shape index (κ1) is 31.8. The summed E-state index contributed by atoms with van der Waals surface area (Å²) in [7, 11) is 0. The Labute approximate surface area is 245 Å². The first-order valence-corrected chi connectivity index (χ1v) is 16.4. The van der Waals surface area contributed by atoms with E-state index in [1.807, 2.05) is 0 Å². The van der Waals surface area contributed by atoms with E-state index in [4.69, 9.17) is 9.47 Å². The van der Waals surface area contributed by atoms with Gasteiger partial charge < -0.3 is 9.47 Å². The maximum Gasteiger partial charge on any atom is 0.119 e. The van der Waals surface area contributed by atoms with Gasteiger partial charge in [-0.25, -0.2) is 0 Å². The molecule has 0 heterocycles. The van der Waals surface area contributed by atoms with Crippen molar-refractivity contribution in [2.24, 2.45) is 0 Å². The van der Waals surface area contributed by atoms with Gasteiger partial charge in [0.25, 0.3) is 0 Å². The smallest absolute Gasteiger partial charge is 0.119 e. The summed E-state index contributed by atoms with van der Waals surface area (Å²) in [4.78, 5) is 0. The first-order chi connectivity index (χ1) is 19.8. The van der Waals surface area contributed by atoms with Crippen molar-refractivity contribution in [1.29, 1.82) is 0 Å². The average Bonchev–Trinajstić information content (AvgIpc) is 3.00. The Morgan fingerprint density at radius 1 is 0.325 bits per heavy atom. The Balaban J connectivity index is 1.34. The standard InChI is InChI=1S/C38H54O2/c1-3-5-7-9-11-13-15-17-31-39-37-27-23-35(24-28-37)33-19-21-34(22-20-33)36-25-29-38(30-26-36)40-32-18-16-14-12-10-8-6-4-2/h19-30H,3-18,31-32H2,1-2H3. The Morgan fingerprint density at radius 2 is 0.575 bits per heavy atom. The molecule has 3 aromatic rings. The lowest BCUT2D eigenvalue weighted by atomic mass is 10.0. The fourth-order valence-electron chi connectivity index (χ4n) is 5.19. The maximum absolute atomic E-state index is 5.98. The molecule has 0 fully saturated rings. The third kappa shape index (κ3) is 12.6. The van der Waals surface area contributed by atoms with Gasteiger partial charge in [-0.2, -0.15) is 0 Å². The number of benzene rings is 3. The van der Waals surface area contributed by atoms with Crippen LogP contribution in [-0.4, -0.2) is 13.2 Å². The van der Waals surface area contributed by atoms with Crippen LogP contribution in [0, 0.1) is 0 Å². The molecule has 0 saturated heterocycles. The van der Waals surface area contributed by atoms with Gasteiger partial charge in [0.05, 0.1) is 13.2 Å². The van der Waals surface area contributed by atoms with E-state index in [-0.39, 0.29) is 0 Å². The third-order valence-electron chi connectivity index (χ3n) is 7.79. The molecule has 0 aliphatic heterocycles. The largest absolute Gasteiger partial charge is 0.494 e. The highest BCUT2D eigenvalue weighted by atomic mass is 16.5. The van der Waals surface area contributed by atoms with E-state index in [2.05, 4.69) is 86.6 Å². The summed E-state index contributed by atoms with van der Waals surface area (Å²) in [6.07, 6.45) is 21.2. The molecule has 0 aliphatic carbocycles. The van der Waals surface area contributed by atoms with E-state index in [9.17, 15) is 0 Å². The average molecular weight is 543 g/mol. The second-order valence-corrected chi connectivity index (χ2v) is 11.3. The van der Waals surface area contributed by atoms with Crippen LogP contribution < -0.4 is 9.47 Å². The molecule has 0 aromatic heterocycles. The minimum absolute atomic E-state index is 0.812. The highest BCUT2D eigenvalue weighted by Gasteiger charge is 2.03. The predicted octanol–water partition coefficient (Wildman–Crippen LogP) is 12.1. The van der Waals surface area contributed by atoms with Crippen LogP contribution in [0.2, 0.25) is 0 Å². The van der Waals surface area contributed by atoms with Crippen LogP contribution in [0.3, 0.4) is 0 Å². The topological polar surface area (TPSA) is 18.5 Å². The van der Waals surface area contributed by atoms with Gasteiger partial charge >= 0.3 is 0 Å². The normalized spacial score (nSPS) is 11.1. The summed E-state index contributed by atoms with van der Waals surface area (Å²) in [5.41, 5.74) is 4.89. The number of rotatable bonds is 22. The highest BCUT2D eigenvalue weighted by molar-refractivity contribution is 5.71. The van der Waals surface area contributed by atoms with Gasteiger partial charge in [0.2, 0.25) is 0 Å². The molecular weight excluding hydrogens is 488 g/mol. The van der Waals surface area contributed by atoms with Crippen LogP contribution >= 0.6 is 0 Å². The molecule has 0 aliphatic rings. The molecule has 2 nitrogen and oxygen atoms in total. The number of hydrogen-bond acceptors (Lipinski definition) is 2. The third-order valence-corrected chi connectivity index (χ3v) is 7.79. The Kier molecular flexibility index (Phi) is 16.0. The Morgan fingerprint density at radius 3 is 0.875 bits per heavy atom. The predicted molar refractivity (Wildman–Crippen MR) is 174 cm³/mol. The van der Waals surface area contributed by atoms with E-state index in [0.29, 0.717) is 0 Å². The summed E-state index contributed by atoms with van der Waals surface area (Å²) >= 11 is 0. The lowest BCUT2D eigenvalue weighted by molar-refractivity contribution is 0.304. The second-order valence-electron chi connectivity index (χ2n) is 11.3. The number of hydrogen-bond donors (Lipinski definition) is 0. The summed E-state index contributed by atoms with van der Waals surface area (Å²) in [5.74, 6) is 1.93. The van der Waals surface area contributed by atoms with Crippen LogP contribution in [-0.2, 0) is 0 Å². The molecule has 3 rings (SSSR count). The molecule has 0 bridgehead atoms. The van der Waals surface area contributed by atoms with Crippen molar-refractivity contribution >= 4 is 0 Å². The molecule has 0 amide bonds. The van der Waals surface area contributed by atoms with E-state index in [1.54, 1.807) is 0 Å². The van der Waals surface area contributed by atoms with Crippen LogP contribution in [0.15, 0.2) is 72.8 Å². The second kappa shape index (κ2) is 20.2. The van der Waals surface area contributed by atoms with Crippen LogP contribution in [0.4, 0.5) is 0 Å². The summed E-state index contributed by atoms with van der Waals surface area (Å²) in [6, 6.07) is 25.9. The summed E-state index contributed by atoms with van der Waals surface area (Å²) in [5, 5.41) is 0. The minimum atomic E-state index is 0.812. The quantitative estimate of drug-likeness (QED) is 0.118. The molecule has 3 aromatic carbocycles. The Bertz CT molecular complexity index is 920. The molecule has 0 spiro atoms.